The van der Waals surface area contributed by atoms with Crippen LogP contribution in [0.3, 0.4) is 0 Å². The van der Waals surface area contributed by atoms with Gasteiger partial charge in [-0.15, -0.1) is 0 Å². The standard InChI is InChI=1S/C9H19N3O2S/c1-7(10)8-4-5-12(6-8)15(13,14)11-9-2-3-9/h7-9,11H,2-6,10H2,1H3. The molecule has 0 amide bonds. The Bertz CT molecular complexity index is 324. The average molecular weight is 233 g/mol. The zero-order valence-electron chi connectivity index (χ0n) is 9.02. The first-order valence-corrected chi connectivity index (χ1v) is 6.96. The van der Waals surface area contributed by atoms with Gasteiger partial charge in [0.1, 0.15) is 0 Å². The van der Waals surface area contributed by atoms with E-state index in [9.17, 15) is 8.42 Å². The molecule has 6 heteroatoms. The van der Waals surface area contributed by atoms with Gasteiger partial charge >= 0.3 is 0 Å². The van der Waals surface area contributed by atoms with E-state index in [1.165, 1.54) is 4.31 Å². The van der Waals surface area contributed by atoms with Crippen LogP contribution in [0.5, 0.6) is 0 Å². The highest BCUT2D eigenvalue weighted by Crippen LogP contribution is 2.24. The highest BCUT2D eigenvalue weighted by atomic mass is 32.2. The van der Waals surface area contributed by atoms with Crippen molar-refractivity contribution in [3.63, 3.8) is 0 Å². The van der Waals surface area contributed by atoms with Crippen molar-refractivity contribution < 1.29 is 8.42 Å². The molecule has 1 heterocycles. The van der Waals surface area contributed by atoms with Crippen molar-refractivity contribution in [1.82, 2.24) is 9.03 Å². The minimum Gasteiger partial charge on any atom is -0.328 e. The van der Waals surface area contributed by atoms with Crippen LogP contribution in [0.1, 0.15) is 26.2 Å². The average Bonchev–Trinajstić information content (AvgIpc) is 2.80. The summed E-state index contributed by atoms with van der Waals surface area (Å²) in [5, 5.41) is 0. The Kier molecular flexibility index (Phi) is 3.03. The number of hydrogen-bond donors (Lipinski definition) is 2. The van der Waals surface area contributed by atoms with Gasteiger partial charge in [0.15, 0.2) is 0 Å². The largest absolute Gasteiger partial charge is 0.328 e. The summed E-state index contributed by atoms with van der Waals surface area (Å²) in [6.45, 7) is 3.11. The van der Waals surface area contributed by atoms with Crippen molar-refractivity contribution in [3.05, 3.63) is 0 Å². The summed E-state index contributed by atoms with van der Waals surface area (Å²) in [4.78, 5) is 0. The van der Waals surface area contributed by atoms with E-state index in [1.807, 2.05) is 6.92 Å². The fraction of sp³-hybridized carbons (Fsp3) is 1.00. The third kappa shape index (κ3) is 2.69. The predicted molar refractivity (Wildman–Crippen MR) is 58.4 cm³/mol. The lowest BCUT2D eigenvalue weighted by Gasteiger charge is -2.18. The van der Waals surface area contributed by atoms with Gasteiger partial charge in [0, 0.05) is 25.2 Å². The molecule has 88 valence electrons. The Morgan fingerprint density at radius 3 is 2.53 bits per heavy atom. The second kappa shape index (κ2) is 4.01. The Labute approximate surface area is 91.2 Å². The van der Waals surface area contributed by atoms with Crippen LogP contribution in [0.4, 0.5) is 0 Å². The maximum atomic E-state index is 11.8. The van der Waals surface area contributed by atoms with Crippen molar-refractivity contribution in [2.24, 2.45) is 11.7 Å². The van der Waals surface area contributed by atoms with Crippen LogP contribution in [-0.4, -0.2) is 37.9 Å². The summed E-state index contributed by atoms with van der Waals surface area (Å²) in [6.07, 6.45) is 2.83. The lowest BCUT2D eigenvalue weighted by atomic mass is 10.0. The molecule has 2 atom stereocenters. The second-order valence-electron chi connectivity index (χ2n) is 4.66. The van der Waals surface area contributed by atoms with E-state index in [2.05, 4.69) is 4.72 Å². The third-order valence-corrected chi connectivity index (χ3v) is 4.81. The monoisotopic (exact) mass is 233 g/mol. The number of hydrogen-bond acceptors (Lipinski definition) is 3. The van der Waals surface area contributed by atoms with Gasteiger partial charge in [-0.2, -0.15) is 17.4 Å². The van der Waals surface area contributed by atoms with Gasteiger partial charge in [0.25, 0.3) is 10.2 Å². The van der Waals surface area contributed by atoms with Gasteiger partial charge in [-0.05, 0) is 32.1 Å². The van der Waals surface area contributed by atoms with Crippen molar-refractivity contribution in [2.45, 2.75) is 38.3 Å². The Balaban J connectivity index is 1.94. The molecular weight excluding hydrogens is 214 g/mol. The van der Waals surface area contributed by atoms with Gasteiger partial charge in [-0.3, -0.25) is 0 Å². The number of nitrogens with two attached hydrogens (primary N) is 1. The molecule has 2 aliphatic rings. The first-order valence-electron chi connectivity index (χ1n) is 5.52. The fourth-order valence-electron chi connectivity index (χ4n) is 1.89. The molecular formula is C9H19N3O2S. The van der Waals surface area contributed by atoms with Crippen LogP contribution in [-0.2, 0) is 10.2 Å². The topological polar surface area (TPSA) is 75.4 Å². The van der Waals surface area contributed by atoms with E-state index in [0.717, 1.165) is 19.3 Å². The van der Waals surface area contributed by atoms with Crippen LogP contribution < -0.4 is 10.5 Å². The zero-order chi connectivity index (χ0) is 11.1. The molecule has 2 fully saturated rings. The highest BCUT2D eigenvalue weighted by Gasteiger charge is 2.36. The first-order chi connectivity index (χ1) is 6.99. The number of nitrogens with one attached hydrogen (secondary N) is 1. The fourth-order valence-corrected chi connectivity index (χ4v) is 3.43. The van der Waals surface area contributed by atoms with Crippen LogP contribution in [0.25, 0.3) is 0 Å². The SMILES string of the molecule is CC(N)C1CCN(S(=O)(=O)NC2CC2)C1. The van der Waals surface area contributed by atoms with Gasteiger partial charge in [-0.25, -0.2) is 0 Å². The van der Waals surface area contributed by atoms with Crippen molar-refractivity contribution in [3.8, 4) is 0 Å². The Hall–Kier alpha value is -0.170. The number of rotatable bonds is 4. The highest BCUT2D eigenvalue weighted by molar-refractivity contribution is 7.87. The molecule has 1 saturated heterocycles. The van der Waals surface area contributed by atoms with Crippen LogP contribution in [0, 0.1) is 5.92 Å². The smallest absolute Gasteiger partial charge is 0.279 e. The van der Waals surface area contributed by atoms with Gasteiger partial charge in [0.05, 0.1) is 0 Å². The van der Waals surface area contributed by atoms with Crippen molar-refractivity contribution in [2.75, 3.05) is 13.1 Å². The molecule has 0 aromatic carbocycles. The van der Waals surface area contributed by atoms with Gasteiger partial charge < -0.3 is 5.73 Å². The third-order valence-electron chi connectivity index (χ3n) is 3.16. The zero-order valence-corrected chi connectivity index (χ0v) is 9.83. The van der Waals surface area contributed by atoms with E-state index in [1.54, 1.807) is 0 Å². The number of nitrogens with zero attached hydrogens (tertiary/aromatic N) is 1. The van der Waals surface area contributed by atoms with E-state index in [-0.39, 0.29) is 12.1 Å². The minimum absolute atomic E-state index is 0.0751. The van der Waals surface area contributed by atoms with E-state index in [0.29, 0.717) is 19.0 Å². The summed E-state index contributed by atoms with van der Waals surface area (Å²) in [6, 6.07) is 0.260. The molecule has 0 aromatic heterocycles. The summed E-state index contributed by atoms with van der Waals surface area (Å²) >= 11 is 0. The first kappa shape index (κ1) is 11.3. The normalized spacial score (nSPS) is 30.7. The molecule has 0 aromatic rings. The molecule has 15 heavy (non-hydrogen) atoms. The molecule has 1 saturated carbocycles. The quantitative estimate of drug-likeness (QED) is 0.697. The van der Waals surface area contributed by atoms with E-state index in [4.69, 9.17) is 5.73 Å². The molecule has 2 unspecified atom stereocenters. The minimum atomic E-state index is -3.24. The molecule has 5 nitrogen and oxygen atoms in total. The van der Waals surface area contributed by atoms with E-state index < -0.39 is 10.2 Å². The molecule has 1 aliphatic carbocycles. The summed E-state index contributed by atoms with van der Waals surface area (Å²) in [5.41, 5.74) is 5.77. The second-order valence-corrected chi connectivity index (χ2v) is 6.37. The molecule has 0 spiro atoms. The molecule has 3 N–H and O–H groups in total. The van der Waals surface area contributed by atoms with Crippen LogP contribution in [0.2, 0.25) is 0 Å². The maximum Gasteiger partial charge on any atom is 0.279 e. The molecule has 2 rings (SSSR count). The van der Waals surface area contributed by atoms with Crippen molar-refractivity contribution in [1.29, 1.82) is 0 Å². The van der Waals surface area contributed by atoms with Crippen molar-refractivity contribution >= 4 is 10.2 Å². The Morgan fingerprint density at radius 1 is 1.40 bits per heavy atom. The predicted octanol–water partition coefficient (Wildman–Crippen LogP) is -0.348. The maximum absolute atomic E-state index is 11.8. The van der Waals surface area contributed by atoms with Crippen LogP contribution >= 0.6 is 0 Å². The summed E-state index contributed by atoms with van der Waals surface area (Å²) < 4.78 is 27.9. The van der Waals surface area contributed by atoms with Gasteiger partial charge in [-0.1, -0.05) is 0 Å². The molecule has 0 radical (unpaired) electrons. The van der Waals surface area contributed by atoms with E-state index >= 15 is 0 Å². The molecule has 1 aliphatic heterocycles. The van der Waals surface area contributed by atoms with Gasteiger partial charge in [0.2, 0.25) is 0 Å². The Morgan fingerprint density at radius 2 is 2.07 bits per heavy atom. The summed E-state index contributed by atoms with van der Waals surface area (Å²) in [7, 11) is -3.24. The lowest BCUT2D eigenvalue weighted by Crippen LogP contribution is -2.41. The molecule has 0 bridgehead atoms. The van der Waals surface area contributed by atoms with Crippen LogP contribution in [0.15, 0.2) is 0 Å². The lowest BCUT2D eigenvalue weighted by molar-refractivity contribution is 0.423. The summed E-state index contributed by atoms with van der Waals surface area (Å²) in [5.74, 6) is 0.306.